The van der Waals surface area contributed by atoms with Crippen LogP contribution in [0.3, 0.4) is 0 Å². The average Bonchev–Trinajstić information content (AvgIpc) is 3.00. The van der Waals surface area contributed by atoms with E-state index in [1.54, 1.807) is 4.68 Å². The van der Waals surface area contributed by atoms with E-state index in [0.717, 1.165) is 16.5 Å². The van der Waals surface area contributed by atoms with Crippen LogP contribution in [-0.4, -0.2) is 45.5 Å². The van der Waals surface area contributed by atoms with Crippen molar-refractivity contribution in [3.05, 3.63) is 23.4 Å². The van der Waals surface area contributed by atoms with Crippen LogP contribution >= 0.6 is 0 Å². The van der Waals surface area contributed by atoms with Gasteiger partial charge in [0.15, 0.2) is 5.78 Å². The van der Waals surface area contributed by atoms with Crippen LogP contribution in [0.5, 0.6) is 0 Å². The number of rotatable bonds is 4. The summed E-state index contributed by atoms with van der Waals surface area (Å²) in [5.41, 5.74) is 1.21. The number of fused-ring (bicyclic) bond motifs is 1. The van der Waals surface area contributed by atoms with Crippen LogP contribution in [0, 0.1) is 6.92 Å². The number of aromatic nitrogens is 2. The zero-order chi connectivity index (χ0) is 22.6. The standard InChI is InChI=1S/C22H31BN2O5/c1-13-10-15(23-29-21(6,7)22(8,9)30-23)11-16-18(14(2)26)24-25(19(13)16)12-17(27)28-20(3,4)5/h10-11H,12H2,1-9H3. The number of esters is 1. The van der Waals surface area contributed by atoms with Gasteiger partial charge < -0.3 is 14.0 Å². The summed E-state index contributed by atoms with van der Waals surface area (Å²) in [6, 6.07) is 3.83. The van der Waals surface area contributed by atoms with Crippen molar-refractivity contribution in [1.29, 1.82) is 0 Å². The summed E-state index contributed by atoms with van der Waals surface area (Å²) in [7, 11) is -0.549. The Balaban J connectivity index is 2.05. The maximum absolute atomic E-state index is 12.4. The van der Waals surface area contributed by atoms with Crippen LogP contribution in [0.25, 0.3) is 10.9 Å². The third-order valence-corrected chi connectivity index (χ3v) is 5.61. The van der Waals surface area contributed by atoms with Gasteiger partial charge in [0.05, 0.1) is 16.7 Å². The second-order valence-corrected chi connectivity index (χ2v) is 9.97. The second kappa shape index (κ2) is 7.20. The first kappa shape index (κ1) is 22.5. The SMILES string of the molecule is CC(=O)c1nn(CC(=O)OC(C)(C)C)c2c(C)cc(B3OC(C)(C)C(C)(C)O3)cc12. The summed E-state index contributed by atoms with van der Waals surface area (Å²) < 4.78 is 19.3. The van der Waals surface area contributed by atoms with Gasteiger partial charge in [0.2, 0.25) is 0 Å². The van der Waals surface area contributed by atoms with Crippen LogP contribution in [0.4, 0.5) is 0 Å². The molecule has 1 aromatic carbocycles. The highest BCUT2D eigenvalue weighted by molar-refractivity contribution is 6.62. The van der Waals surface area contributed by atoms with Gasteiger partial charge in [0, 0.05) is 12.3 Å². The molecule has 2 aromatic rings. The molecule has 1 aliphatic rings. The molecule has 3 rings (SSSR count). The first-order chi connectivity index (χ1) is 13.6. The van der Waals surface area contributed by atoms with Gasteiger partial charge in [-0.1, -0.05) is 12.1 Å². The second-order valence-electron chi connectivity index (χ2n) is 9.97. The summed E-state index contributed by atoms with van der Waals surface area (Å²) in [5, 5.41) is 5.11. The molecule has 2 heterocycles. The van der Waals surface area contributed by atoms with E-state index in [2.05, 4.69) is 5.10 Å². The topological polar surface area (TPSA) is 79.7 Å². The van der Waals surface area contributed by atoms with Crippen LogP contribution in [0.2, 0.25) is 0 Å². The predicted octanol–water partition coefficient (Wildman–Crippen LogP) is 3.19. The fourth-order valence-electron chi connectivity index (χ4n) is 3.54. The number of Topliss-reactive ketones (excluding diaryl/α,β-unsaturated/α-hetero) is 1. The Kier molecular flexibility index (Phi) is 5.40. The summed E-state index contributed by atoms with van der Waals surface area (Å²) in [6.07, 6.45) is 0. The summed E-state index contributed by atoms with van der Waals surface area (Å²) in [6.45, 7) is 16.8. The zero-order valence-corrected chi connectivity index (χ0v) is 19.4. The molecule has 162 valence electrons. The lowest BCUT2D eigenvalue weighted by molar-refractivity contribution is -0.155. The van der Waals surface area contributed by atoms with Crippen LogP contribution < -0.4 is 5.46 Å². The van der Waals surface area contributed by atoms with Crippen molar-refractivity contribution in [1.82, 2.24) is 9.78 Å². The Morgan fingerprint density at radius 3 is 2.20 bits per heavy atom. The Hall–Kier alpha value is -2.19. The van der Waals surface area contributed by atoms with E-state index in [4.69, 9.17) is 14.0 Å². The molecular formula is C22H31BN2O5. The molecule has 7 nitrogen and oxygen atoms in total. The number of aryl methyl sites for hydroxylation is 1. The van der Waals surface area contributed by atoms with Gasteiger partial charge in [-0.25, -0.2) is 0 Å². The first-order valence-corrected chi connectivity index (χ1v) is 10.2. The van der Waals surface area contributed by atoms with E-state index in [1.807, 2.05) is 67.5 Å². The van der Waals surface area contributed by atoms with Crippen molar-refractivity contribution >= 4 is 35.2 Å². The molecule has 0 aliphatic carbocycles. The minimum Gasteiger partial charge on any atom is -0.459 e. The van der Waals surface area contributed by atoms with Gasteiger partial charge in [0.1, 0.15) is 17.8 Å². The minimum absolute atomic E-state index is 0.0717. The average molecular weight is 414 g/mol. The Labute approximate surface area is 178 Å². The van der Waals surface area contributed by atoms with Gasteiger partial charge in [-0.3, -0.25) is 14.3 Å². The number of ether oxygens (including phenoxy) is 1. The number of hydrogen-bond donors (Lipinski definition) is 0. The van der Waals surface area contributed by atoms with Crippen molar-refractivity contribution in [2.75, 3.05) is 0 Å². The van der Waals surface area contributed by atoms with E-state index >= 15 is 0 Å². The molecule has 1 saturated heterocycles. The van der Waals surface area contributed by atoms with Crippen molar-refractivity contribution in [3.8, 4) is 0 Å². The highest BCUT2D eigenvalue weighted by atomic mass is 16.7. The third-order valence-electron chi connectivity index (χ3n) is 5.61. The zero-order valence-electron chi connectivity index (χ0n) is 19.4. The molecule has 0 N–H and O–H groups in total. The lowest BCUT2D eigenvalue weighted by Crippen LogP contribution is -2.41. The highest BCUT2D eigenvalue weighted by Crippen LogP contribution is 2.37. The molecule has 0 atom stereocenters. The van der Waals surface area contributed by atoms with Gasteiger partial charge in [-0.2, -0.15) is 5.10 Å². The fourth-order valence-corrected chi connectivity index (χ4v) is 3.54. The number of hydrogen-bond acceptors (Lipinski definition) is 6. The third kappa shape index (κ3) is 4.16. The van der Waals surface area contributed by atoms with Crippen molar-refractivity contribution in [2.45, 2.75) is 85.7 Å². The molecule has 1 aromatic heterocycles. The van der Waals surface area contributed by atoms with Crippen molar-refractivity contribution < 1.29 is 23.6 Å². The largest absolute Gasteiger partial charge is 0.494 e. The predicted molar refractivity (Wildman–Crippen MR) is 116 cm³/mol. The molecule has 0 saturated carbocycles. The first-order valence-electron chi connectivity index (χ1n) is 10.2. The maximum Gasteiger partial charge on any atom is 0.494 e. The normalized spacial score (nSPS) is 18.1. The van der Waals surface area contributed by atoms with Crippen molar-refractivity contribution in [2.24, 2.45) is 0 Å². The Morgan fingerprint density at radius 1 is 1.13 bits per heavy atom. The lowest BCUT2D eigenvalue weighted by Gasteiger charge is -2.32. The van der Waals surface area contributed by atoms with Crippen molar-refractivity contribution in [3.63, 3.8) is 0 Å². The van der Waals surface area contributed by atoms with E-state index in [1.165, 1.54) is 6.92 Å². The molecule has 0 radical (unpaired) electrons. The molecule has 1 fully saturated rings. The monoisotopic (exact) mass is 414 g/mol. The fraction of sp³-hybridized carbons (Fsp3) is 0.591. The Bertz CT molecular complexity index is 1000. The summed E-state index contributed by atoms with van der Waals surface area (Å²) in [4.78, 5) is 24.7. The quantitative estimate of drug-likeness (QED) is 0.434. The minimum atomic E-state index is -0.595. The summed E-state index contributed by atoms with van der Waals surface area (Å²) in [5.74, 6) is -0.579. The van der Waals surface area contributed by atoms with Gasteiger partial charge in [-0.15, -0.1) is 0 Å². The highest BCUT2D eigenvalue weighted by Gasteiger charge is 2.51. The molecular weight excluding hydrogens is 383 g/mol. The molecule has 0 bridgehead atoms. The number of benzene rings is 1. The van der Waals surface area contributed by atoms with Gasteiger partial charge >= 0.3 is 13.1 Å². The molecule has 30 heavy (non-hydrogen) atoms. The van der Waals surface area contributed by atoms with E-state index in [-0.39, 0.29) is 12.3 Å². The van der Waals surface area contributed by atoms with E-state index in [0.29, 0.717) is 11.1 Å². The molecule has 0 amide bonds. The lowest BCUT2D eigenvalue weighted by atomic mass is 9.77. The number of nitrogens with zero attached hydrogens (tertiary/aromatic N) is 2. The molecule has 8 heteroatoms. The maximum atomic E-state index is 12.4. The van der Waals surface area contributed by atoms with Crippen LogP contribution in [0.1, 0.15) is 71.4 Å². The van der Waals surface area contributed by atoms with E-state index in [9.17, 15) is 9.59 Å². The smallest absolute Gasteiger partial charge is 0.459 e. The number of carbonyl (C=O) groups is 2. The van der Waals surface area contributed by atoms with Crippen LogP contribution in [-0.2, 0) is 25.4 Å². The van der Waals surface area contributed by atoms with Crippen LogP contribution in [0.15, 0.2) is 12.1 Å². The van der Waals surface area contributed by atoms with Gasteiger partial charge in [-0.05, 0) is 66.4 Å². The Morgan fingerprint density at radius 2 is 1.70 bits per heavy atom. The van der Waals surface area contributed by atoms with E-state index < -0.39 is 29.9 Å². The molecule has 0 spiro atoms. The molecule has 0 unspecified atom stereocenters. The van der Waals surface area contributed by atoms with Gasteiger partial charge in [0.25, 0.3) is 0 Å². The summed E-state index contributed by atoms with van der Waals surface area (Å²) >= 11 is 0. The molecule has 1 aliphatic heterocycles. The number of carbonyl (C=O) groups excluding carboxylic acids is 2. The number of ketones is 1.